The summed E-state index contributed by atoms with van der Waals surface area (Å²) in [6.07, 6.45) is 0.837. The van der Waals surface area contributed by atoms with Crippen LogP contribution in [-0.2, 0) is 29.9 Å². The van der Waals surface area contributed by atoms with Gasteiger partial charge in [0.25, 0.3) is 0 Å². The Kier molecular flexibility index (Phi) is 14.9. The highest BCUT2D eigenvalue weighted by atomic mass is 35.5. The van der Waals surface area contributed by atoms with Crippen LogP contribution in [-0.4, -0.2) is 67.1 Å². The highest BCUT2D eigenvalue weighted by Gasteiger charge is 2.32. The molecule has 16 heteroatoms. The second-order valence-corrected chi connectivity index (χ2v) is 20.4. The molecule has 0 amide bonds. The number of carbonyl (C=O) groups excluding carboxylic acids is 4. The van der Waals surface area contributed by atoms with Gasteiger partial charge in [-0.05, 0) is 121 Å². The average molecular weight is 1010 g/mol. The van der Waals surface area contributed by atoms with Crippen LogP contribution < -0.4 is 9.47 Å². The molecule has 0 radical (unpaired) electrons. The quantitative estimate of drug-likeness (QED) is 0.0542. The summed E-state index contributed by atoms with van der Waals surface area (Å²) in [5.41, 5.74) is 5.01. The van der Waals surface area contributed by atoms with Crippen molar-refractivity contribution in [2.75, 3.05) is 13.2 Å². The number of fused-ring (bicyclic) bond motifs is 2. The molecular formula is C56H54Cl2N6O8. The van der Waals surface area contributed by atoms with E-state index in [1.807, 2.05) is 65.8 Å². The largest absolute Gasteiger partial charge is 0.465 e. The predicted octanol–water partition coefficient (Wildman–Crippen LogP) is 12.3. The van der Waals surface area contributed by atoms with Crippen molar-refractivity contribution in [2.45, 2.75) is 90.9 Å². The molecule has 370 valence electrons. The number of benzene rings is 6. The lowest BCUT2D eigenvalue weighted by molar-refractivity contribution is -0.147. The average Bonchev–Trinajstić information content (AvgIpc) is 3.98. The van der Waals surface area contributed by atoms with E-state index in [0.29, 0.717) is 89.7 Å². The zero-order valence-electron chi connectivity index (χ0n) is 41.2. The topological polar surface area (TPSA) is 167 Å². The molecular weight excluding hydrogens is 956 g/mol. The van der Waals surface area contributed by atoms with Crippen molar-refractivity contribution in [3.8, 4) is 22.9 Å². The van der Waals surface area contributed by atoms with Crippen LogP contribution in [0.1, 0.15) is 123 Å². The van der Waals surface area contributed by atoms with Crippen molar-refractivity contribution >= 4 is 69.1 Å². The van der Waals surface area contributed by atoms with Gasteiger partial charge in [-0.1, -0.05) is 113 Å². The van der Waals surface area contributed by atoms with Crippen LogP contribution in [0.4, 0.5) is 0 Å². The molecule has 2 unspecified atom stereocenters. The van der Waals surface area contributed by atoms with E-state index < -0.39 is 46.5 Å². The lowest BCUT2D eigenvalue weighted by Gasteiger charge is -2.26. The SMILES string of the molecule is CC(C(=O)OCCCCOC(=O)C(C)c1cc(-n2nc3ccc(Cl)cc3n2)c(OC(=O)c2ccccc2)c(C(C)(C)C)c1)c1cc(-n2nc3ccc(Cl)cc3n2)c(OC(=O)c2ccccc2)c(C(C)(C)C)c1. The standard InChI is InChI=1S/C56H54Cl2N6O8/c1-33(37-27-41(55(3,4)5)49(71-53(67)35-17-11-9-12-18-35)47(29-37)63-59-43-23-21-39(57)31-45(43)61-63)51(65)69-25-15-16-26-70-52(66)34(2)38-28-42(56(6,7)8)50(72-54(68)36-19-13-10-14-20-36)48(30-38)64-60-44-24-22-40(58)32-46(44)62-64/h9-14,17-24,27-34H,15-16,25-26H2,1-8H3. The number of hydrogen-bond donors (Lipinski definition) is 0. The number of nitrogens with zero attached hydrogens (tertiary/aromatic N) is 6. The molecule has 0 N–H and O–H groups in total. The Morgan fingerprint density at radius 2 is 0.861 bits per heavy atom. The third kappa shape index (κ3) is 11.5. The Morgan fingerprint density at radius 3 is 1.22 bits per heavy atom. The molecule has 0 fully saturated rings. The first-order chi connectivity index (χ1) is 34.2. The summed E-state index contributed by atoms with van der Waals surface area (Å²) in [5, 5.41) is 19.7. The van der Waals surface area contributed by atoms with Gasteiger partial charge in [0.15, 0.2) is 11.5 Å². The van der Waals surface area contributed by atoms with Crippen LogP contribution in [0, 0.1) is 0 Å². The molecule has 0 bridgehead atoms. The molecule has 0 aliphatic rings. The molecule has 0 saturated heterocycles. The molecule has 0 aliphatic heterocycles. The summed E-state index contributed by atoms with van der Waals surface area (Å²) in [4.78, 5) is 57.3. The maximum atomic E-state index is 13.7. The number of rotatable bonds is 15. The normalized spacial score (nSPS) is 12.6. The van der Waals surface area contributed by atoms with Crippen molar-refractivity contribution in [2.24, 2.45) is 0 Å². The van der Waals surface area contributed by atoms with Crippen LogP contribution in [0.5, 0.6) is 11.5 Å². The molecule has 8 aromatic rings. The highest BCUT2D eigenvalue weighted by Crippen LogP contribution is 2.42. The van der Waals surface area contributed by atoms with E-state index in [1.165, 1.54) is 9.59 Å². The third-order valence-electron chi connectivity index (χ3n) is 12.1. The van der Waals surface area contributed by atoms with E-state index in [1.54, 1.807) is 111 Å². The summed E-state index contributed by atoms with van der Waals surface area (Å²) < 4.78 is 23.9. The van der Waals surface area contributed by atoms with E-state index >= 15 is 0 Å². The van der Waals surface area contributed by atoms with Gasteiger partial charge < -0.3 is 18.9 Å². The second-order valence-electron chi connectivity index (χ2n) is 19.6. The molecule has 0 saturated carbocycles. The minimum atomic E-state index is -0.744. The molecule has 0 aliphatic carbocycles. The fourth-order valence-electron chi connectivity index (χ4n) is 7.91. The fraction of sp³-hybridized carbons (Fsp3) is 0.286. The van der Waals surface area contributed by atoms with E-state index in [0.717, 1.165) is 0 Å². The summed E-state index contributed by atoms with van der Waals surface area (Å²) in [6, 6.07) is 34.8. The van der Waals surface area contributed by atoms with Gasteiger partial charge in [-0.15, -0.1) is 30.0 Å². The Labute approximate surface area is 427 Å². The van der Waals surface area contributed by atoms with Crippen LogP contribution in [0.25, 0.3) is 33.4 Å². The molecule has 8 rings (SSSR count). The number of ether oxygens (including phenoxy) is 4. The molecule has 2 heterocycles. The van der Waals surface area contributed by atoms with Crippen molar-refractivity contribution in [3.63, 3.8) is 0 Å². The minimum absolute atomic E-state index is 0.0762. The van der Waals surface area contributed by atoms with Crippen molar-refractivity contribution in [1.82, 2.24) is 30.0 Å². The molecule has 6 aromatic carbocycles. The van der Waals surface area contributed by atoms with Crippen LogP contribution in [0.15, 0.2) is 121 Å². The van der Waals surface area contributed by atoms with Crippen LogP contribution in [0.3, 0.4) is 0 Å². The maximum Gasteiger partial charge on any atom is 0.343 e. The van der Waals surface area contributed by atoms with E-state index in [4.69, 9.17) is 52.3 Å². The molecule has 0 spiro atoms. The van der Waals surface area contributed by atoms with Crippen LogP contribution in [0.2, 0.25) is 10.0 Å². The third-order valence-corrected chi connectivity index (χ3v) is 12.5. The Balaban J connectivity index is 0.962. The van der Waals surface area contributed by atoms with Gasteiger partial charge >= 0.3 is 23.9 Å². The first-order valence-corrected chi connectivity index (χ1v) is 24.3. The van der Waals surface area contributed by atoms with Crippen LogP contribution >= 0.6 is 23.2 Å². The van der Waals surface area contributed by atoms with Gasteiger partial charge in [0.05, 0.1) is 36.2 Å². The zero-order valence-corrected chi connectivity index (χ0v) is 42.7. The van der Waals surface area contributed by atoms with E-state index in [-0.39, 0.29) is 24.7 Å². The number of hydrogen-bond acceptors (Lipinski definition) is 12. The van der Waals surface area contributed by atoms with Gasteiger partial charge in [-0.3, -0.25) is 9.59 Å². The first kappa shape index (κ1) is 51.0. The summed E-state index contributed by atoms with van der Waals surface area (Å²) in [5.74, 6) is -3.06. The predicted molar refractivity (Wildman–Crippen MR) is 276 cm³/mol. The highest BCUT2D eigenvalue weighted by molar-refractivity contribution is 6.31. The fourth-order valence-corrected chi connectivity index (χ4v) is 8.24. The number of halogens is 2. The van der Waals surface area contributed by atoms with Crippen molar-refractivity contribution < 1.29 is 38.1 Å². The molecule has 72 heavy (non-hydrogen) atoms. The second kappa shape index (κ2) is 21.1. The summed E-state index contributed by atoms with van der Waals surface area (Å²) in [6.45, 7) is 15.6. The lowest BCUT2D eigenvalue weighted by atomic mass is 9.83. The Bertz CT molecular complexity index is 3100. The smallest absolute Gasteiger partial charge is 0.343 e. The minimum Gasteiger partial charge on any atom is -0.465 e. The lowest BCUT2D eigenvalue weighted by Crippen LogP contribution is -2.21. The van der Waals surface area contributed by atoms with Gasteiger partial charge in [-0.25, -0.2) is 9.59 Å². The number of unbranched alkanes of at least 4 members (excludes halogenated alkanes) is 1. The Hall–Kier alpha value is -7.42. The maximum absolute atomic E-state index is 13.7. The van der Waals surface area contributed by atoms with Gasteiger partial charge in [0.2, 0.25) is 0 Å². The van der Waals surface area contributed by atoms with Gasteiger partial charge in [0.1, 0.15) is 33.4 Å². The first-order valence-electron chi connectivity index (χ1n) is 23.6. The zero-order chi connectivity index (χ0) is 51.5. The van der Waals surface area contributed by atoms with E-state index in [9.17, 15) is 19.2 Å². The van der Waals surface area contributed by atoms with Gasteiger partial charge in [-0.2, -0.15) is 0 Å². The number of carbonyl (C=O) groups is 4. The van der Waals surface area contributed by atoms with Crippen molar-refractivity contribution in [3.05, 3.63) is 165 Å². The molecule has 14 nitrogen and oxygen atoms in total. The summed E-state index contributed by atoms with van der Waals surface area (Å²) in [7, 11) is 0. The van der Waals surface area contributed by atoms with Gasteiger partial charge in [0, 0.05) is 21.2 Å². The number of esters is 4. The van der Waals surface area contributed by atoms with E-state index in [2.05, 4.69) is 10.2 Å². The van der Waals surface area contributed by atoms with Crippen molar-refractivity contribution in [1.29, 1.82) is 0 Å². The molecule has 2 atom stereocenters. The summed E-state index contributed by atoms with van der Waals surface area (Å²) >= 11 is 12.6. The monoisotopic (exact) mass is 1010 g/mol. The number of aromatic nitrogens is 6. The Morgan fingerprint density at radius 1 is 0.500 bits per heavy atom. The molecule has 2 aromatic heterocycles.